The van der Waals surface area contributed by atoms with Gasteiger partial charge in [-0.2, -0.15) is 0 Å². The minimum Gasteiger partial charge on any atom is -0.382 e. The summed E-state index contributed by atoms with van der Waals surface area (Å²) in [5.41, 5.74) is 4.41. The van der Waals surface area contributed by atoms with Crippen molar-refractivity contribution in [2.75, 3.05) is 24.6 Å². The van der Waals surface area contributed by atoms with Crippen LogP contribution < -0.4 is 4.90 Å². The Morgan fingerprint density at radius 3 is 2.77 bits per heavy atom. The van der Waals surface area contributed by atoms with E-state index in [0.717, 1.165) is 55.1 Å². The second kappa shape index (κ2) is 7.87. The van der Waals surface area contributed by atoms with Crippen LogP contribution in [0.15, 0.2) is 30.7 Å². The molecule has 0 radical (unpaired) electrons. The molecule has 8 heteroatoms. The summed E-state index contributed by atoms with van der Waals surface area (Å²) in [6.45, 7) is 9.39. The number of benzene rings is 1. The van der Waals surface area contributed by atoms with Crippen LogP contribution in [-0.4, -0.2) is 49.3 Å². The third-order valence-electron chi connectivity index (χ3n) is 7.38. The minimum atomic E-state index is -0.429. The van der Waals surface area contributed by atoms with Crippen molar-refractivity contribution in [1.82, 2.24) is 14.4 Å². The highest BCUT2D eigenvalue weighted by Crippen LogP contribution is 2.46. The molecule has 5 nitrogen and oxygen atoms in total. The monoisotopic (exact) mass is 458 g/mol. The molecule has 2 atom stereocenters. The number of ether oxygens (including phenoxy) is 1. The van der Waals surface area contributed by atoms with Crippen LogP contribution in [0.5, 0.6) is 0 Å². The van der Waals surface area contributed by atoms with Crippen molar-refractivity contribution < 1.29 is 9.13 Å². The molecule has 0 N–H and O–H groups in total. The summed E-state index contributed by atoms with van der Waals surface area (Å²) in [4.78, 5) is 11.7. The zero-order chi connectivity index (χ0) is 21.8. The van der Waals surface area contributed by atoms with E-state index in [9.17, 15) is 4.39 Å². The molecule has 2 saturated heterocycles. The number of aromatic nitrogens is 3. The molecular formula is C23H28ClFN4OSi. The van der Waals surface area contributed by atoms with Gasteiger partial charge in [0.15, 0.2) is 11.6 Å². The number of nitrogens with zero attached hydrogens (tertiary/aromatic N) is 4. The Hall–Kier alpha value is -1.96. The van der Waals surface area contributed by atoms with Crippen molar-refractivity contribution in [1.29, 1.82) is 0 Å². The van der Waals surface area contributed by atoms with E-state index in [2.05, 4.69) is 23.7 Å². The molecule has 4 heterocycles. The molecule has 31 heavy (non-hydrogen) atoms. The van der Waals surface area contributed by atoms with Crippen LogP contribution in [0, 0.1) is 18.2 Å². The van der Waals surface area contributed by atoms with E-state index in [4.69, 9.17) is 21.3 Å². The predicted octanol–water partition coefficient (Wildman–Crippen LogP) is 4.44. The van der Waals surface area contributed by atoms with Crippen LogP contribution in [0.1, 0.15) is 32.4 Å². The summed E-state index contributed by atoms with van der Waals surface area (Å²) >= 11 is 6.05. The molecule has 2 aliphatic heterocycles. The highest BCUT2D eigenvalue weighted by Gasteiger charge is 2.43. The number of piperidine rings is 1. The molecule has 2 fully saturated rings. The van der Waals surface area contributed by atoms with Gasteiger partial charge in [0.1, 0.15) is 5.52 Å². The number of imidazole rings is 1. The maximum absolute atomic E-state index is 14.8. The van der Waals surface area contributed by atoms with Crippen LogP contribution in [0.3, 0.4) is 0 Å². The molecule has 2 aromatic heterocycles. The molecule has 0 aliphatic carbocycles. The Morgan fingerprint density at radius 1 is 1.26 bits per heavy atom. The highest BCUT2D eigenvalue weighted by atomic mass is 35.5. The lowest BCUT2D eigenvalue weighted by Crippen LogP contribution is -2.50. The molecule has 164 valence electrons. The van der Waals surface area contributed by atoms with Crippen LogP contribution in [-0.2, 0) is 4.74 Å². The molecule has 2 aliphatic rings. The fourth-order valence-corrected chi connectivity index (χ4v) is 7.84. The first-order valence-electron chi connectivity index (χ1n) is 11.0. The van der Waals surface area contributed by atoms with E-state index in [1.165, 1.54) is 0 Å². The number of hydrogen-bond donors (Lipinski definition) is 0. The number of hydrogen-bond acceptors (Lipinski definition) is 4. The summed E-state index contributed by atoms with van der Waals surface area (Å²) in [5.74, 6) is 0.493. The Labute approximate surface area is 189 Å². The molecule has 1 spiro atoms. The number of rotatable bonds is 2. The van der Waals surface area contributed by atoms with Gasteiger partial charge in [-0.3, -0.25) is 4.40 Å². The Morgan fingerprint density at radius 2 is 2.03 bits per heavy atom. The van der Waals surface area contributed by atoms with E-state index in [-0.39, 0.29) is 14.5 Å². The SMILES string of the molecule is Cc1nc(N2CCC3(CC2)CO[C@@H](C)[SiH2][C@H]3C)c2cncn2c1-c1cccc(Cl)c1F. The summed E-state index contributed by atoms with van der Waals surface area (Å²) in [6, 6.07) is 5.06. The van der Waals surface area contributed by atoms with Crippen molar-refractivity contribution in [3.63, 3.8) is 0 Å². The summed E-state index contributed by atoms with van der Waals surface area (Å²) < 4.78 is 22.9. The van der Waals surface area contributed by atoms with E-state index >= 15 is 0 Å². The lowest BCUT2D eigenvalue weighted by atomic mass is 9.76. The van der Waals surface area contributed by atoms with Gasteiger partial charge < -0.3 is 9.64 Å². The minimum absolute atomic E-state index is 0.109. The standard InChI is InChI=1S/C23H28ClFN4OSi/c1-14-21(17-5-4-6-18(24)20(17)25)29-13-26-11-19(29)22(27-14)28-9-7-23(8-10-28)12-30-16(3)31-15(23)2/h4-6,11,13,15-16H,7-10,12,31H2,1-3H3/t15-,16+/m0/s1. The van der Waals surface area contributed by atoms with Crippen molar-refractivity contribution >= 4 is 32.5 Å². The van der Waals surface area contributed by atoms with Crippen LogP contribution >= 0.6 is 11.6 Å². The molecule has 0 bridgehead atoms. The number of anilines is 1. The number of fused-ring (bicyclic) bond motifs is 1. The van der Waals surface area contributed by atoms with Gasteiger partial charge in [0, 0.05) is 24.4 Å². The first kappa shape index (κ1) is 20.9. The summed E-state index contributed by atoms with van der Waals surface area (Å²) in [5, 5.41) is 0.109. The van der Waals surface area contributed by atoms with Crippen molar-refractivity contribution in [3.05, 3.63) is 47.3 Å². The quantitative estimate of drug-likeness (QED) is 0.532. The van der Waals surface area contributed by atoms with Gasteiger partial charge >= 0.3 is 0 Å². The average Bonchev–Trinajstić information content (AvgIpc) is 3.23. The van der Waals surface area contributed by atoms with Crippen molar-refractivity contribution in [3.8, 4) is 11.3 Å². The number of aryl methyl sites for hydroxylation is 1. The second-order valence-corrected chi connectivity index (χ2v) is 12.5. The summed E-state index contributed by atoms with van der Waals surface area (Å²) in [6.07, 6.45) is 5.80. The summed E-state index contributed by atoms with van der Waals surface area (Å²) in [7, 11) is -0.215. The second-order valence-electron chi connectivity index (χ2n) is 9.23. The third-order valence-corrected chi connectivity index (χ3v) is 10.1. The average molecular weight is 459 g/mol. The lowest BCUT2D eigenvalue weighted by Gasteiger charge is -2.49. The molecule has 0 amide bonds. The van der Waals surface area contributed by atoms with Gasteiger partial charge in [-0.1, -0.05) is 24.6 Å². The van der Waals surface area contributed by atoms with Crippen molar-refractivity contribution in [2.24, 2.45) is 5.41 Å². The molecule has 0 unspecified atom stereocenters. The van der Waals surface area contributed by atoms with Crippen molar-refractivity contribution in [2.45, 2.75) is 44.9 Å². The first-order chi connectivity index (χ1) is 14.9. The maximum Gasteiger partial charge on any atom is 0.154 e. The zero-order valence-corrected chi connectivity index (χ0v) is 20.4. The van der Waals surface area contributed by atoms with E-state index in [0.29, 0.717) is 22.4 Å². The van der Waals surface area contributed by atoms with Gasteiger partial charge in [0.25, 0.3) is 0 Å². The maximum atomic E-state index is 14.8. The molecule has 1 aromatic carbocycles. The van der Waals surface area contributed by atoms with E-state index in [1.807, 2.05) is 17.5 Å². The molecule has 0 saturated carbocycles. The highest BCUT2D eigenvalue weighted by molar-refractivity contribution is 6.39. The van der Waals surface area contributed by atoms with Gasteiger partial charge in [0.2, 0.25) is 0 Å². The van der Waals surface area contributed by atoms with Crippen LogP contribution in [0.2, 0.25) is 10.6 Å². The van der Waals surface area contributed by atoms with Crippen LogP contribution in [0.4, 0.5) is 10.2 Å². The van der Waals surface area contributed by atoms with Gasteiger partial charge in [0.05, 0.1) is 45.1 Å². The lowest BCUT2D eigenvalue weighted by molar-refractivity contribution is -0.00561. The van der Waals surface area contributed by atoms with E-state index in [1.54, 1.807) is 24.5 Å². The Kier molecular flexibility index (Phi) is 5.31. The predicted molar refractivity (Wildman–Crippen MR) is 125 cm³/mol. The van der Waals surface area contributed by atoms with Gasteiger partial charge in [-0.25, -0.2) is 14.4 Å². The number of halogens is 2. The van der Waals surface area contributed by atoms with Gasteiger partial charge in [-0.15, -0.1) is 0 Å². The molecular weight excluding hydrogens is 431 g/mol. The largest absolute Gasteiger partial charge is 0.382 e. The molecule has 3 aromatic rings. The fraction of sp³-hybridized carbons (Fsp3) is 0.478. The first-order valence-corrected chi connectivity index (χ1v) is 13.0. The van der Waals surface area contributed by atoms with Crippen LogP contribution in [0.25, 0.3) is 16.8 Å². The third kappa shape index (κ3) is 3.47. The van der Waals surface area contributed by atoms with Gasteiger partial charge in [-0.05, 0) is 49.8 Å². The smallest absolute Gasteiger partial charge is 0.154 e. The zero-order valence-electron chi connectivity index (χ0n) is 18.2. The topological polar surface area (TPSA) is 42.7 Å². The Balaban J connectivity index is 1.49. The normalized spacial score (nSPS) is 24.4. The van der Waals surface area contributed by atoms with E-state index < -0.39 is 5.82 Å². The Bertz CT molecular complexity index is 1130. The molecule has 5 rings (SSSR count). The fourth-order valence-electron chi connectivity index (χ4n) is 5.39.